The van der Waals surface area contributed by atoms with Crippen LogP contribution < -0.4 is 5.32 Å². The quantitative estimate of drug-likeness (QED) is 0.752. The Kier molecular flexibility index (Phi) is 3.60. The third-order valence-electron chi connectivity index (χ3n) is 4.77. The molecule has 0 heterocycles. The van der Waals surface area contributed by atoms with Crippen LogP contribution in [0.25, 0.3) is 0 Å². The van der Waals surface area contributed by atoms with Gasteiger partial charge in [-0.15, -0.1) is 0 Å². The summed E-state index contributed by atoms with van der Waals surface area (Å²) in [6, 6.07) is 0.956. The van der Waals surface area contributed by atoms with Crippen LogP contribution >= 0.6 is 0 Å². The minimum absolute atomic E-state index is 0.117. The van der Waals surface area contributed by atoms with E-state index in [9.17, 15) is 9.59 Å². The van der Waals surface area contributed by atoms with Gasteiger partial charge in [-0.1, -0.05) is 13.8 Å². The zero-order valence-electron chi connectivity index (χ0n) is 12.1. The van der Waals surface area contributed by atoms with Gasteiger partial charge in [-0.05, 0) is 32.2 Å². The molecule has 0 aromatic heterocycles. The van der Waals surface area contributed by atoms with Crippen molar-refractivity contribution in [3.8, 4) is 0 Å². The van der Waals surface area contributed by atoms with Gasteiger partial charge in [0, 0.05) is 18.6 Å². The number of rotatable bonds is 6. The van der Waals surface area contributed by atoms with Crippen LogP contribution in [-0.4, -0.2) is 47.6 Å². The number of carboxylic acid groups (broad SMARTS) is 1. The number of carboxylic acids is 1. The highest BCUT2D eigenvalue weighted by atomic mass is 16.4. The molecule has 108 valence electrons. The van der Waals surface area contributed by atoms with Gasteiger partial charge >= 0.3 is 5.97 Å². The molecule has 3 atom stereocenters. The summed E-state index contributed by atoms with van der Waals surface area (Å²) in [5, 5.41) is 12.0. The monoisotopic (exact) mass is 268 g/mol. The molecule has 0 bridgehead atoms. The van der Waals surface area contributed by atoms with Gasteiger partial charge in [0.05, 0.1) is 11.8 Å². The van der Waals surface area contributed by atoms with Gasteiger partial charge in [-0.2, -0.15) is 0 Å². The molecule has 0 aromatic carbocycles. The molecule has 3 unspecified atom stereocenters. The van der Waals surface area contributed by atoms with Crippen molar-refractivity contribution < 1.29 is 14.7 Å². The summed E-state index contributed by atoms with van der Waals surface area (Å²) in [5.41, 5.74) is -0.415. The molecule has 0 aliphatic heterocycles. The third kappa shape index (κ3) is 2.76. The normalized spacial score (nSPS) is 29.9. The average Bonchev–Trinajstić information content (AvgIpc) is 3.19. The fourth-order valence-corrected chi connectivity index (χ4v) is 2.93. The highest BCUT2D eigenvalue weighted by Crippen LogP contribution is 2.58. The Morgan fingerprint density at radius 1 is 1.37 bits per heavy atom. The zero-order valence-corrected chi connectivity index (χ0v) is 12.1. The number of carbonyl (C=O) groups is 2. The molecule has 19 heavy (non-hydrogen) atoms. The number of aliphatic carboxylic acids is 1. The average molecular weight is 268 g/mol. The van der Waals surface area contributed by atoms with Crippen LogP contribution in [0.3, 0.4) is 0 Å². The van der Waals surface area contributed by atoms with Crippen LogP contribution in [0, 0.1) is 17.3 Å². The predicted molar refractivity (Wildman–Crippen MR) is 71.7 cm³/mol. The lowest BCUT2D eigenvalue weighted by Crippen LogP contribution is -2.42. The summed E-state index contributed by atoms with van der Waals surface area (Å²) in [7, 11) is 2.08. The summed E-state index contributed by atoms with van der Waals surface area (Å²) in [5.74, 6) is -1.91. The van der Waals surface area contributed by atoms with E-state index >= 15 is 0 Å². The van der Waals surface area contributed by atoms with Gasteiger partial charge in [-0.3, -0.25) is 14.5 Å². The SMILES string of the molecule is CC(CNC(=O)C1C(C(=O)O)C1(C)C)N(C)C1CC1. The Labute approximate surface area is 114 Å². The van der Waals surface area contributed by atoms with E-state index in [2.05, 4.69) is 24.2 Å². The molecular weight excluding hydrogens is 244 g/mol. The molecule has 0 saturated heterocycles. The van der Waals surface area contributed by atoms with Crippen LogP contribution in [0.1, 0.15) is 33.6 Å². The van der Waals surface area contributed by atoms with Crippen molar-refractivity contribution in [2.45, 2.75) is 45.7 Å². The van der Waals surface area contributed by atoms with E-state index in [1.807, 2.05) is 13.8 Å². The second-order valence-electron chi connectivity index (χ2n) is 6.61. The summed E-state index contributed by atoms with van der Waals surface area (Å²) < 4.78 is 0. The maximum absolute atomic E-state index is 12.1. The molecule has 2 fully saturated rings. The van der Waals surface area contributed by atoms with Crippen LogP contribution in [0.2, 0.25) is 0 Å². The number of hydrogen-bond acceptors (Lipinski definition) is 3. The topological polar surface area (TPSA) is 69.6 Å². The first-order chi connectivity index (χ1) is 8.76. The van der Waals surface area contributed by atoms with Gasteiger partial charge in [0.1, 0.15) is 0 Å². The molecule has 2 aliphatic carbocycles. The smallest absolute Gasteiger partial charge is 0.307 e. The molecule has 5 heteroatoms. The van der Waals surface area contributed by atoms with Gasteiger partial charge in [0.25, 0.3) is 0 Å². The van der Waals surface area contributed by atoms with Gasteiger partial charge in [0.15, 0.2) is 0 Å². The second kappa shape index (κ2) is 4.78. The van der Waals surface area contributed by atoms with E-state index in [0.717, 1.165) is 0 Å². The summed E-state index contributed by atoms with van der Waals surface area (Å²) in [4.78, 5) is 25.4. The second-order valence-corrected chi connectivity index (χ2v) is 6.61. The fraction of sp³-hybridized carbons (Fsp3) is 0.857. The fourth-order valence-electron chi connectivity index (χ4n) is 2.93. The summed E-state index contributed by atoms with van der Waals surface area (Å²) in [6.07, 6.45) is 2.48. The first kappa shape index (κ1) is 14.3. The molecule has 1 amide bonds. The Morgan fingerprint density at radius 3 is 2.37 bits per heavy atom. The number of likely N-dealkylation sites (N-methyl/N-ethyl adjacent to an activating group) is 1. The zero-order chi connectivity index (χ0) is 14.4. The number of hydrogen-bond donors (Lipinski definition) is 2. The van der Waals surface area contributed by atoms with Crippen molar-refractivity contribution in [1.29, 1.82) is 0 Å². The van der Waals surface area contributed by atoms with Crippen molar-refractivity contribution in [2.75, 3.05) is 13.6 Å². The minimum atomic E-state index is -0.867. The minimum Gasteiger partial charge on any atom is -0.481 e. The Bertz CT molecular complexity index is 390. The first-order valence-corrected chi connectivity index (χ1v) is 6.99. The lowest BCUT2D eigenvalue weighted by atomic mass is 10.1. The molecule has 5 nitrogen and oxygen atoms in total. The van der Waals surface area contributed by atoms with Gasteiger partial charge < -0.3 is 10.4 Å². The van der Waals surface area contributed by atoms with Crippen molar-refractivity contribution in [1.82, 2.24) is 10.2 Å². The van der Waals surface area contributed by atoms with Crippen molar-refractivity contribution in [3.63, 3.8) is 0 Å². The van der Waals surface area contributed by atoms with Crippen LogP contribution in [0.5, 0.6) is 0 Å². The summed E-state index contributed by atoms with van der Waals surface area (Å²) in [6.45, 7) is 6.36. The van der Waals surface area contributed by atoms with Crippen LogP contribution in [0.4, 0.5) is 0 Å². The van der Waals surface area contributed by atoms with Crippen LogP contribution in [-0.2, 0) is 9.59 Å². The lowest BCUT2D eigenvalue weighted by molar-refractivity contribution is -0.140. The standard InChI is InChI=1S/C14H24N2O3/c1-8(16(4)9-5-6-9)7-15-12(17)10-11(13(18)19)14(10,2)3/h8-11H,5-7H2,1-4H3,(H,15,17)(H,18,19). The molecule has 2 aliphatic rings. The maximum Gasteiger partial charge on any atom is 0.307 e. The number of nitrogens with zero attached hydrogens (tertiary/aromatic N) is 1. The van der Waals surface area contributed by atoms with Crippen molar-refractivity contribution in [2.24, 2.45) is 17.3 Å². The van der Waals surface area contributed by atoms with E-state index in [1.165, 1.54) is 12.8 Å². The summed E-state index contributed by atoms with van der Waals surface area (Å²) >= 11 is 0. The maximum atomic E-state index is 12.1. The molecule has 0 spiro atoms. The highest BCUT2D eigenvalue weighted by molar-refractivity contribution is 5.91. The highest BCUT2D eigenvalue weighted by Gasteiger charge is 2.65. The molecule has 2 rings (SSSR count). The largest absolute Gasteiger partial charge is 0.481 e. The van der Waals surface area contributed by atoms with E-state index in [1.54, 1.807) is 0 Å². The Balaban J connectivity index is 1.80. The third-order valence-corrected chi connectivity index (χ3v) is 4.77. The Hall–Kier alpha value is -1.10. The van der Waals surface area contributed by atoms with E-state index in [4.69, 9.17) is 5.11 Å². The molecule has 2 saturated carbocycles. The van der Waals surface area contributed by atoms with Crippen LogP contribution in [0.15, 0.2) is 0 Å². The number of amides is 1. The molecular formula is C14H24N2O3. The van der Waals surface area contributed by atoms with Crippen molar-refractivity contribution >= 4 is 11.9 Å². The van der Waals surface area contributed by atoms with E-state index < -0.39 is 17.3 Å². The molecule has 0 radical (unpaired) electrons. The Morgan fingerprint density at radius 2 is 1.95 bits per heavy atom. The van der Waals surface area contributed by atoms with Gasteiger partial charge in [0.2, 0.25) is 5.91 Å². The number of carbonyl (C=O) groups excluding carboxylic acids is 1. The van der Waals surface area contributed by atoms with Gasteiger partial charge in [-0.25, -0.2) is 0 Å². The van der Waals surface area contributed by atoms with E-state index in [0.29, 0.717) is 18.6 Å². The number of nitrogens with one attached hydrogen (secondary N) is 1. The first-order valence-electron chi connectivity index (χ1n) is 6.99. The molecule has 0 aromatic rings. The van der Waals surface area contributed by atoms with E-state index in [-0.39, 0.29) is 11.8 Å². The van der Waals surface area contributed by atoms with Crippen molar-refractivity contribution in [3.05, 3.63) is 0 Å². The lowest BCUT2D eigenvalue weighted by Gasteiger charge is -2.24. The molecule has 2 N–H and O–H groups in total. The predicted octanol–water partition coefficient (Wildman–Crippen LogP) is 0.942.